The zero-order valence-electron chi connectivity index (χ0n) is 9.77. The summed E-state index contributed by atoms with van der Waals surface area (Å²) in [5, 5.41) is 9.98. The highest BCUT2D eigenvalue weighted by Gasteiger charge is 2.49. The quantitative estimate of drug-likeness (QED) is 0.694. The van der Waals surface area contributed by atoms with Crippen molar-refractivity contribution >= 4 is 5.97 Å². The largest absolute Gasteiger partial charge is 0.450 e. The number of aliphatic hydroxyl groups is 1. The normalized spacial score (nSPS) is 35.8. The number of carbonyl (C=O) groups is 1. The van der Waals surface area contributed by atoms with E-state index >= 15 is 0 Å². The number of hydrogen-bond acceptors (Lipinski definition) is 4. The summed E-state index contributed by atoms with van der Waals surface area (Å²) in [6, 6.07) is 1.86. The van der Waals surface area contributed by atoms with Crippen LogP contribution in [0.15, 0.2) is 18.5 Å². The average molecular weight is 233 g/mol. The van der Waals surface area contributed by atoms with Crippen molar-refractivity contribution in [3.63, 3.8) is 0 Å². The van der Waals surface area contributed by atoms with Crippen LogP contribution in [0.2, 0.25) is 0 Å². The number of nitrogens with zero attached hydrogens (tertiary/aromatic N) is 1. The first-order chi connectivity index (χ1) is 8.03. The van der Waals surface area contributed by atoms with E-state index in [2.05, 4.69) is 4.98 Å². The molecule has 1 aromatic rings. The molecule has 17 heavy (non-hydrogen) atoms. The molecule has 0 amide bonds. The lowest BCUT2D eigenvalue weighted by molar-refractivity contribution is -0.0797. The molecule has 0 aromatic carbocycles. The smallest absolute Gasteiger partial charge is 0.341 e. The van der Waals surface area contributed by atoms with Gasteiger partial charge in [0.2, 0.25) is 0 Å². The maximum Gasteiger partial charge on any atom is 0.341 e. The summed E-state index contributed by atoms with van der Waals surface area (Å²) in [6.07, 6.45) is 5.93. The predicted octanol–water partition coefficient (Wildman–Crippen LogP) is 1.77. The van der Waals surface area contributed by atoms with E-state index in [-0.39, 0.29) is 5.97 Å². The van der Waals surface area contributed by atoms with Gasteiger partial charge in [0.1, 0.15) is 5.60 Å². The lowest BCUT2D eigenvalue weighted by Gasteiger charge is -2.39. The number of hydrogen-bond donors (Lipinski definition) is 1. The number of pyridine rings is 1. The highest BCUT2D eigenvalue weighted by Crippen LogP contribution is 2.48. The second-order valence-corrected chi connectivity index (χ2v) is 5.30. The first-order valence-corrected chi connectivity index (χ1v) is 5.93. The van der Waals surface area contributed by atoms with E-state index in [4.69, 9.17) is 4.74 Å². The predicted molar refractivity (Wildman–Crippen MR) is 60.4 cm³/mol. The third-order valence-corrected chi connectivity index (χ3v) is 3.95. The molecule has 2 aliphatic rings. The van der Waals surface area contributed by atoms with Gasteiger partial charge in [-0.3, -0.25) is 4.98 Å². The number of esters is 1. The second kappa shape index (κ2) is 3.29. The van der Waals surface area contributed by atoms with Gasteiger partial charge in [0.25, 0.3) is 0 Å². The van der Waals surface area contributed by atoms with Crippen LogP contribution < -0.4 is 0 Å². The lowest BCUT2D eigenvalue weighted by atomic mass is 9.74. The van der Waals surface area contributed by atoms with Crippen LogP contribution in [0.25, 0.3) is 0 Å². The minimum atomic E-state index is -0.632. The molecule has 0 bridgehead atoms. The van der Waals surface area contributed by atoms with Crippen LogP contribution in [0, 0.1) is 0 Å². The molecule has 90 valence electrons. The molecule has 1 spiro atoms. The summed E-state index contributed by atoms with van der Waals surface area (Å²) >= 11 is 0. The Balaban J connectivity index is 1.99. The Hall–Kier alpha value is -1.42. The van der Waals surface area contributed by atoms with E-state index in [9.17, 15) is 9.90 Å². The topological polar surface area (TPSA) is 59.4 Å². The summed E-state index contributed by atoms with van der Waals surface area (Å²) < 4.78 is 5.56. The number of rotatable bonds is 0. The number of aromatic nitrogens is 1. The highest BCUT2D eigenvalue weighted by molar-refractivity contribution is 5.94. The molecule has 4 nitrogen and oxygen atoms in total. The number of carbonyl (C=O) groups excluding carboxylic acids is 1. The summed E-state index contributed by atoms with van der Waals surface area (Å²) in [5.74, 6) is -0.283. The van der Waals surface area contributed by atoms with Crippen molar-refractivity contribution in [3.8, 4) is 0 Å². The Morgan fingerprint density at radius 2 is 2.06 bits per heavy atom. The van der Waals surface area contributed by atoms with Gasteiger partial charge < -0.3 is 9.84 Å². The van der Waals surface area contributed by atoms with Gasteiger partial charge in [-0.05, 0) is 38.7 Å². The van der Waals surface area contributed by atoms with Gasteiger partial charge in [0.05, 0.1) is 11.2 Å². The van der Waals surface area contributed by atoms with E-state index in [0.29, 0.717) is 31.2 Å². The highest BCUT2D eigenvalue weighted by atomic mass is 16.6. The minimum absolute atomic E-state index is 0.283. The fraction of sp³-hybridized carbons (Fsp3) is 0.538. The summed E-state index contributed by atoms with van der Waals surface area (Å²) in [7, 11) is 0. The zero-order valence-corrected chi connectivity index (χ0v) is 9.77. The Kier molecular flexibility index (Phi) is 2.08. The van der Waals surface area contributed by atoms with Crippen molar-refractivity contribution in [1.29, 1.82) is 0 Å². The Morgan fingerprint density at radius 3 is 2.76 bits per heavy atom. The van der Waals surface area contributed by atoms with Crippen LogP contribution in [-0.4, -0.2) is 21.7 Å². The Morgan fingerprint density at radius 1 is 1.35 bits per heavy atom. The minimum Gasteiger partial charge on any atom is -0.450 e. The maximum atomic E-state index is 11.8. The average Bonchev–Trinajstić information content (AvgIpc) is 2.59. The molecule has 2 heterocycles. The molecule has 4 heteroatoms. The summed E-state index contributed by atoms with van der Waals surface area (Å²) in [6.45, 7) is 1.84. The zero-order chi connectivity index (χ0) is 12.1. The molecule has 1 N–H and O–H groups in total. The molecule has 3 rings (SSSR count). The van der Waals surface area contributed by atoms with Gasteiger partial charge in [-0.1, -0.05) is 0 Å². The van der Waals surface area contributed by atoms with E-state index < -0.39 is 11.2 Å². The molecule has 0 saturated heterocycles. The monoisotopic (exact) mass is 233 g/mol. The van der Waals surface area contributed by atoms with Gasteiger partial charge in [-0.25, -0.2) is 4.79 Å². The van der Waals surface area contributed by atoms with Gasteiger partial charge in [-0.15, -0.1) is 0 Å². The van der Waals surface area contributed by atoms with Gasteiger partial charge in [-0.2, -0.15) is 0 Å². The molecule has 1 saturated carbocycles. The van der Waals surface area contributed by atoms with Crippen molar-refractivity contribution in [1.82, 2.24) is 4.98 Å². The van der Waals surface area contributed by atoms with Gasteiger partial charge >= 0.3 is 5.97 Å². The van der Waals surface area contributed by atoms with Crippen LogP contribution in [0.3, 0.4) is 0 Å². The van der Waals surface area contributed by atoms with Crippen molar-refractivity contribution in [3.05, 3.63) is 29.6 Å². The van der Waals surface area contributed by atoms with E-state index in [1.54, 1.807) is 12.4 Å². The molecule has 1 aromatic heterocycles. The molecule has 0 atom stereocenters. The second-order valence-electron chi connectivity index (χ2n) is 5.30. The fourth-order valence-corrected chi connectivity index (χ4v) is 2.81. The van der Waals surface area contributed by atoms with Crippen molar-refractivity contribution < 1.29 is 14.6 Å². The SMILES string of the molecule is CC1(O)CCC2(CC1)OC(=O)c1cnccc12. The molecule has 1 aliphatic heterocycles. The van der Waals surface area contributed by atoms with E-state index in [0.717, 1.165) is 5.56 Å². The lowest BCUT2D eigenvalue weighted by Crippen LogP contribution is -2.39. The van der Waals surface area contributed by atoms with Crippen LogP contribution in [0.4, 0.5) is 0 Å². The van der Waals surface area contributed by atoms with Crippen LogP contribution in [-0.2, 0) is 10.3 Å². The number of ether oxygens (including phenoxy) is 1. The third kappa shape index (κ3) is 1.55. The molecule has 0 radical (unpaired) electrons. The van der Waals surface area contributed by atoms with Gasteiger partial charge in [0.15, 0.2) is 0 Å². The van der Waals surface area contributed by atoms with Crippen molar-refractivity contribution in [2.75, 3.05) is 0 Å². The summed E-state index contributed by atoms with van der Waals surface area (Å²) in [4.78, 5) is 15.7. The standard InChI is InChI=1S/C13H15NO3/c1-12(16)3-5-13(6-4-12)10-2-7-14-8-9(10)11(15)17-13/h2,7-8,16H,3-6H2,1H3. The van der Waals surface area contributed by atoms with Crippen LogP contribution >= 0.6 is 0 Å². The van der Waals surface area contributed by atoms with E-state index in [1.807, 2.05) is 13.0 Å². The third-order valence-electron chi connectivity index (χ3n) is 3.95. The molecule has 1 aliphatic carbocycles. The fourth-order valence-electron chi connectivity index (χ4n) is 2.81. The van der Waals surface area contributed by atoms with Crippen molar-refractivity contribution in [2.24, 2.45) is 0 Å². The molecular formula is C13H15NO3. The van der Waals surface area contributed by atoms with Gasteiger partial charge in [0, 0.05) is 18.0 Å². The first-order valence-electron chi connectivity index (χ1n) is 5.93. The molecular weight excluding hydrogens is 218 g/mol. The molecule has 0 unspecified atom stereocenters. The van der Waals surface area contributed by atoms with Crippen LogP contribution in [0.1, 0.15) is 48.5 Å². The van der Waals surface area contributed by atoms with E-state index in [1.165, 1.54) is 0 Å². The molecule has 1 fully saturated rings. The first kappa shape index (κ1) is 10.7. The Labute approximate surface area is 99.6 Å². The maximum absolute atomic E-state index is 11.8. The van der Waals surface area contributed by atoms with Crippen molar-refractivity contribution in [2.45, 2.75) is 43.8 Å². The Bertz CT molecular complexity index is 471. The number of fused-ring (bicyclic) bond motifs is 2. The van der Waals surface area contributed by atoms with Crippen LogP contribution in [0.5, 0.6) is 0 Å². The summed E-state index contributed by atoms with van der Waals surface area (Å²) in [5.41, 5.74) is 0.368.